The quantitative estimate of drug-likeness (QED) is 0.557. The van der Waals surface area contributed by atoms with Gasteiger partial charge in [-0.05, 0) is 48.2 Å². The van der Waals surface area contributed by atoms with Crippen molar-refractivity contribution < 1.29 is 4.79 Å². The minimum Gasteiger partial charge on any atom is -0.370 e. The Balaban J connectivity index is 1.47. The SMILES string of the molecule is O=C(NCc1ccc(Cl)cc1)c1ccnc(NCCCc2ccccc2)c1. The van der Waals surface area contributed by atoms with Crippen LogP contribution in [0.25, 0.3) is 0 Å². The molecule has 0 aliphatic carbocycles. The van der Waals surface area contributed by atoms with E-state index in [0.29, 0.717) is 22.9 Å². The number of pyridine rings is 1. The normalized spacial score (nSPS) is 10.4. The van der Waals surface area contributed by atoms with E-state index in [1.54, 1.807) is 18.3 Å². The molecule has 5 heteroatoms. The number of nitrogens with one attached hydrogen (secondary N) is 2. The number of anilines is 1. The van der Waals surface area contributed by atoms with E-state index in [1.807, 2.05) is 30.3 Å². The van der Waals surface area contributed by atoms with Gasteiger partial charge >= 0.3 is 0 Å². The molecule has 1 heterocycles. The zero-order chi connectivity index (χ0) is 18.9. The summed E-state index contributed by atoms with van der Waals surface area (Å²) in [6, 6.07) is 21.3. The molecule has 0 aliphatic rings. The molecule has 3 rings (SSSR count). The number of nitrogens with zero attached hydrogens (tertiary/aromatic N) is 1. The van der Waals surface area contributed by atoms with Crippen LogP contribution in [0.3, 0.4) is 0 Å². The predicted octanol–water partition coefficient (Wildman–Crippen LogP) is 4.71. The van der Waals surface area contributed by atoms with Gasteiger partial charge in [-0.1, -0.05) is 54.1 Å². The number of aromatic nitrogens is 1. The molecule has 27 heavy (non-hydrogen) atoms. The van der Waals surface area contributed by atoms with Crippen LogP contribution in [0.2, 0.25) is 5.02 Å². The van der Waals surface area contributed by atoms with E-state index in [0.717, 1.165) is 24.9 Å². The van der Waals surface area contributed by atoms with Crippen LogP contribution >= 0.6 is 11.6 Å². The molecule has 1 amide bonds. The zero-order valence-corrected chi connectivity index (χ0v) is 15.7. The van der Waals surface area contributed by atoms with E-state index in [2.05, 4.69) is 39.9 Å². The highest BCUT2D eigenvalue weighted by molar-refractivity contribution is 6.30. The molecule has 0 aliphatic heterocycles. The summed E-state index contributed by atoms with van der Waals surface area (Å²) in [5.74, 6) is 0.585. The second-order valence-electron chi connectivity index (χ2n) is 6.25. The molecule has 2 N–H and O–H groups in total. The Morgan fingerprint density at radius 2 is 1.74 bits per heavy atom. The fourth-order valence-electron chi connectivity index (χ4n) is 2.71. The van der Waals surface area contributed by atoms with Crippen LogP contribution < -0.4 is 10.6 Å². The highest BCUT2D eigenvalue weighted by Gasteiger charge is 2.07. The number of aryl methyl sites for hydroxylation is 1. The molecule has 0 fully saturated rings. The van der Waals surface area contributed by atoms with Gasteiger partial charge in [-0.25, -0.2) is 4.98 Å². The molecule has 1 aromatic heterocycles. The summed E-state index contributed by atoms with van der Waals surface area (Å²) < 4.78 is 0. The first-order chi connectivity index (χ1) is 13.2. The minimum atomic E-state index is -0.125. The van der Waals surface area contributed by atoms with E-state index < -0.39 is 0 Å². The summed E-state index contributed by atoms with van der Waals surface area (Å²) in [7, 11) is 0. The molecular formula is C22H22ClN3O. The van der Waals surface area contributed by atoms with Gasteiger partial charge in [-0.15, -0.1) is 0 Å². The lowest BCUT2D eigenvalue weighted by atomic mass is 10.1. The second-order valence-corrected chi connectivity index (χ2v) is 6.69. The molecule has 0 saturated carbocycles. The van der Waals surface area contributed by atoms with Gasteiger partial charge in [0.25, 0.3) is 5.91 Å². The fraction of sp³-hybridized carbons (Fsp3) is 0.182. The third-order valence-corrected chi connectivity index (χ3v) is 4.43. The van der Waals surface area contributed by atoms with Gasteiger partial charge in [0.15, 0.2) is 0 Å². The highest BCUT2D eigenvalue weighted by Crippen LogP contribution is 2.11. The number of halogens is 1. The van der Waals surface area contributed by atoms with Gasteiger partial charge < -0.3 is 10.6 Å². The molecule has 0 radical (unpaired) electrons. The largest absolute Gasteiger partial charge is 0.370 e. The third-order valence-electron chi connectivity index (χ3n) is 4.18. The van der Waals surface area contributed by atoms with Crippen LogP contribution in [0, 0.1) is 0 Å². The van der Waals surface area contributed by atoms with Crippen molar-refractivity contribution in [2.75, 3.05) is 11.9 Å². The Morgan fingerprint density at radius 1 is 0.963 bits per heavy atom. The van der Waals surface area contributed by atoms with Gasteiger partial charge in [0.1, 0.15) is 5.82 Å². The van der Waals surface area contributed by atoms with Gasteiger partial charge in [-0.2, -0.15) is 0 Å². The van der Waals surface area contributed by atoms with Crippen LogP contribution in [0.4, 0.5) is 5.82 Å². The summed E-state index contributed by atoms with van der Waals surface area (Å²) in [5.41, 5.74) is 2.91. The number of hydrogen-bond acceptors (Lipinski definition) is 3. The maximum absolute atomic E-state index is 12.4. The summed E-state index contributed by atoms with van der Waals surface area (Å²) in [5, 5.41) is 6.88. The van der Waals surface area contributed by atoms with E-state index in [9.17, 15) is 4.79 Å². The van der Waals surface area contributed by atoms with Crippen molar-refractivity contribution in [1.82, 2.24) is 10.3 Å². The number of amides is 1. The first-order valence-corrected chi connectivity index (χ1v) is 9.35. The predicted molar refractivity (Wildman–Crippen MR) is 110 cm³/mol. The van der Waals surface area contributed by atoms with Crippen LogP contribution in [-0.4, -0.2) is 17.4 Å². The fourth-order valence-corrected chi connectivity index (χ4v) is 2.83. The minimum absolute atomic E-state index is 0.125. The van der Waals surface area contributed by atoms with Crippen molar-refractivity contribution in [3.8, 4) is 0 Å². The first kappa shape index (κ1) is 18.9. The molecule has 0 saturated heterocycles. The zero-order valence-electron chi connectivity index (χ0n) is 15.0. The summed E-state index contributed by atoms with van der Waals surface area (Å²) >= 11 is 5.87. The molecule has 3 aromatic rings. The van der Waals surface area contributed by atoms with Crippen LogP contribution in [0.15, 0.2) is 72.9 Å². The standard InChI is InChI=1S/C22H22ClN3O/c23-20-10-8-18(9-11-20)16-26-22(27)19-12-14-25-21(15-19)24-13-4-7-17-5-2-1-3-6-17/h1-3,5-6,8-12,14-15H,4,7,13,16H2,(H,24,25)(H,26,27). The lowest BCUT2D eigenvalue weighted by Gasteiger charge is -2.09. The lowest BCUT2D eigenvalue weighted by Crippen LogP contribution is -2.23. The van der Waals surface area contributed by atoms with E-state index in [-0.39, 0.29) is 5.91 Å². The van der Waals surface area contributed by atoms with Crippen molar-refractivity contribution in [1.29, 1.82) is 0 Å². The van der Waals surface area contributed by atoms with E-state index in [4.69, 9.17) is 11.6 Å². The van der Waals surface area contributed by atoms with E-state index in [1.165, 1.54) is 5.56 Å². The Hall–Kier alpha value is -2.85. The molecule has 4 nitrogen and oxygen atoms in total. The number of carbonyl (C=O) groups is 1. The third kappa shape index (κ3) is 6.12. The Bertz CT molecular complexity index is 866. The van der Waals surface area contributed by atoms with Gasteiger partial charge in [0.05, 0.1) is 0 Å². The number of rotatable bonds is 8. The summed E-state index contributed by atoms with van der Waals surface area (Å²) in [6.07, 6.45) is 3.66. The smallest absolute Gasteiger partial charge is 0.251 e. The van der Waals surface area contributed by atoms with Crippen molar-refractivity contribution in [2.24, 2.45) is 0 Å². The Morgan fingerprint density at radius 3 is 2.52 bits per heavy atom. The van der Waals surface area contributed by atoms with Crippen molar-refractivity contribution >= 4 is 23.3 Å². The Labute approximate surface area is 164 Å². The monoisotopic (exact) mass is 379 g/mol. The topological polar surface area (TPSA) is 54.0 Å². The second kappa shape index (κ2) is 9.74. The Kier molecular flexibility index (Phi) is 6.83. The number of hydrogen-bond donors (Lipinski definition) is 2. The molecule has 0 bridgehead atoms. The van der Waals surface area contributed by atoms with Gasteiger partial charge in [0.2, 0.25) is 0 Å². The van der Waals surface area contributed by atoms with Gasteiger partial charge in [-0.3, -0.25) is 4.79 Å². The lowest BCUT2D eigenvalue weighted by molar-refractivity contribution is 0.0951. The van der Waals surface area contributed by atoms with Crippen LogP contribution in [0.1, 0.15) is 27.9 Å². The maximum atomic E-state index is 12.4. The summed E-state index contributed by atoms with van der Waals surface area (Å²) in [6.45, 7) is 1.26. The van der Waals surface area contributed by atoms with Crippen molar-refractivity contribution in [2.45, 2.75) is 19.4 Å². The maximum Gasteiger partial charge on any atom is 0.251 e. The summed E-state index contributed by atoms with van der Waals surface area (Å²) in [4.78, 5) is 16.6. The molecule has 0 spiro atoms. The highest BCUT2D eigenvalue weighted by atomic mass is 35.5. The van der Waals surface area contributed by atoms with Crippen LogP contribution in [0.5, 0.6) is 0 Å². The van der Waals surface area contributed by atoms with Crippen molar-refractivity contribution in [3.63, 3.8) is 0 Å². The number of benzene rings is 2. The average molecular weight is 380 g/mol. The van der Waals surface area contributed by atoms with Gasteiger partial charge in [0, 0.05) is 29.9 Å². The molecular weight excluding hydrogens is 358 g/mol. The molecule has 0 unspecified atom stereocenters. The van der Waals surface area contributed by atoms with Crippen LogP contribution in [-0.2, 0) is 13.0 Å². The molecule has 2 aromatic carbocycles. The number of carbonyl (C=O) groups excluding carboxylic acids is 1. The average Bonchev–Trinajstić information content (AvgIpc) is 2.71. The first-order valence-electron chi connectivity index (χ1n) is 8.97. The van der Waals surface area contributed by atoms with Crippen molar-refractivity contribution in [3.05, 3.63) is 94.6 Å². The molecule has 138 valence electrons. The van der Waals surface area contributed by atoms with E-state index >= 15 is 0 Å². The molecule has 0 atom stereocenters.